The van der Waals surface area contributed by atoms with Crippen LogP contribution in [-0.4, -0.2) is 13.5 Å². The van der Waals surface area contributed by atoms with Gasteiger partial charge in [-0.2, -0.15) is 0 Å². The zero-order valence-corrected chi connectivity index (χ0v) is 11.4. The van der Waals surface area contributed by atoms with Crippen molar-refractivity contribution >= 4 is 27.3 Å². The van der Waals surface area contributed by atoms with Crippen molar-refractivity contribution in [1.82, 2.24) is 0 Å². The molecular weight excluding hydrogens is 286 g/mol. The van der Waals surface area contributed by atoms with E-state index >= 15 is 0 Å². The van der Waals surface area contributed by atoms with Crippen molar-refractivity contribution in [3.8, 4) is 5.75 Å². The number of benzene rings is 2. The second-order valence-electron chi connectivity index (χ2n) is 4.01. The first-order chi connectivity index (χ1) is 8.96. The fourth-order valence-electron chi connectivity index (χ4n) is 1.58. The minimum Gasteiger partial charge on any atom is -0.506 e. The number of phenolic OH excluding ortho intramolecular Hbond substituents is 1. The smallest absolute Gasteiger partial charge is 0.236 e. The molecule has 100 valence electrons. The van der Waals surface area contributed by atoms with Crippen molar-refractivity contribution in [3.05, 3.63) is 59.1 Å². The van der Waals surface area contributed by atoms with Crippen LogP contribution >= 0.6 is 11.6 Å². The topological polar surface area (TPSA) is 66.4 Å². The number of hydrogen-bond donors (Lipinski definition) is 2. The van der Waals surface area contributed by atoms with Gasteiger partial charge in [0.15, 0.2) is 0 Å². The predicted molar refractivity (Wildman–Crippen MR) is 75.8 cm³/mol. The van der Waals surface area contributed by atoms with E-state index in [1.165, 1.54) is 18.2 Å². The van der Waals surface area contributed by atoms with Crippen molar-refractivity contribution in [2.45, 2.75) is 5.75 Å². The molecule has 2 N–H and O–H groups in total. The minimum atomic E-state index is -3.51. The van der Waals surface area contributed by atoms with Crippen LogP contribution in [0.3, 0.4) is 0 Å². The molecule has 0 heterocycles. The van der Waals surface area contributed by atoms with E-state index in [0.29, 0.717) is 11.3 Å². The van der Waals surface area contributed by atoms with Crippen molar-refractivity contribution in [2.24, 2.45) is 0 Å². The number of hydrogen-bond acceptors (Lipinski definition) is 3. The Kier molecular flexibility index (Phi) is 3.97. The molecule has 0 spiro atoms. The largest absolute Gasteiger partial charge is 0.506 e. The molecule has 0 aromatic heterocycles. The molecule has 0 aliphatic rings. The molecule has 2 aromatic rings. The first kappa shape index (κ1) is 13.7. The SMILES string of the molecule is O=S(=O)(Cc1ccccc1)Nc1ccc(O)c(Cl)c1. The number of nitrogens with one attached hydrogen (secondary N) is 1. The van der Waals surface area contributed by atoms with E-state index < -0.39 is 10.0 Å². The summed E-state index contributed by atoms with van der Waals surface area (Å²) in [5.74, 6) is -0.209. The molecule has 0 radical (unpaired) electrons. The molecule has 6 heteroatoms. The molecule has 0 bridgehead atoms. The Hall–Kier alpha value is -1.72. The fourth-order valence-corrected chi connectivity index (χ4v) is 2.95. The molecule has 0 aliphatic heterocycles. The lowest BCUT2D eigenvalue weighted by atomic mass is 10.2. The molecular formula is C13H12ClNO3S. The van der Waals surface area contributed by atoms with Crippen LogP contribution in [0.4, 0.5) is 5.69 Å². The van der Waals surface area contributed by atoms with Gasteiger partial charge in [0.05, 0.1) is 16.5 Å². The standard InChI is InChI=1S/C13H12ClNO3S/c14-12-8-11(6-7-13(12)16)15-19(17,18)9-10-4-2-1-3-5-10/h1-8,15-16H,9H2. The number of phenols is 1. The van der Waals surface area contributed by atoms with E-state index in [1.807, 2.05) is 6.07 Å². The average Bonchev–Trinajstić information content (AvgIpc) is 2.34. The highest BCUT2D eigenvalue weighted by atomic mass is 35.5. The fraction of sp³-hybridized carbons (Fsp3) is 0.0769. The summed E-state index contributed by atoms with van der Waals surface area (Å²) in [6.07, 6.45) is 0. The van der Waals surface area contributed by atoms with Gasteiger partial charge in [-0.15, -0.1) is 0 Å². The number of sulfonamides is 1. The summed E-state index contributed by atoms with van der Waals surface area (Å²) in [6, 6.07) is 13.0. The summed E-state index contributed by atoms with van der Waals surface area (Å²) in [5, 5.41) is 9.37. The summed E-state index contributed by atoms with van der Waals surface area (Å²) in [4.78, 5) is 0. The Bertz CT molecular complexity index is 672. The van der Waals surface area contributed by atoms with Gasteiger partial charge in [0.2, 0.25) is 10.0 Å². The van der Waals surface area contributed by atoms with Crippen LogP contribution in [-0.2, 0) is 15.8 Å². The number of anilines is 1. The lowest BCUT2D eigenvalue weighted by Crippen LogP contribution is -2.14. The Balaban J connectivity index is 2.15. The molecule has 19 heavy (non-hydrogen) atoms. The highest BCUT2D eigenvalue weighted by molar-refractivity contribution is 7.91. The first-order valence-corrected chi connectivity index (χ1v) is 7.52. The zero-order valence-electron chi connectivity index (χ0n) is 9.88. The molecule has 2 rings (SSSR count). The van der Waals surface area contributed by atoms with Gasteiger partial charge in [-0.1, -0.05) is 41.9 Å². The van der Waals surface area contributed by atoms with E-state index in [-0.39, 0.29) is 16.5 Å². The third kappa shape index (κ3) is 3.87. The van der Waals surface area contributed by atoms with Crippen molar-refractivity contribution in [2.75, 3.05) is 4.72 Å². The summed E-state index contributed by atoms with van der Waals surface area (Å²) in [5.41, 5.74) is 1.01. The maximum Gasteiger partial charge on any atom is 0.236 e. The van der Waals surface area contributed by atoms with Gasteiger partial charge in [-0.3, -0.25) is 4.72 Å². The molecule has 0 aliphatic carbocycles. The molecule has 0 unspecified atom stereocenters. The second kappa shape index (κ2) is 5.50. The van der Waals surface area contributed by atoms with E-state index in [2.05, 4.69) is 4.72 Å². The van der Waals surface area contributed by atoms with Crippen molar-refractivity contribution in [3.63, 3.8) is 0 Å². The van der Waals surface area contributed by atoms with E-state index in [1.54, 1.807) is 24.3 Å². The molecule has 0 amide bonds. The molecule has 2 aromatic carbocycles. The van der Waals surface area contributed by atoms with Crippen LogP contribution < -0.4 is 4.72 Å². The monoisotopic (exact) mass is 297 g/mol. The molecule has 0 saturated carbocycles. The third-order valence-corrected chi connectivity index (χ3v) is 3.98. The molecule has 4 nitrogen and oxygen atoms in total. The highest BCUT2D eigenvalue weighted by Crippen LogP contribution is 2.26. The van der Waals surface area contributed by atoms with Gasteiger partial charge < -0.3 is 5.11 Å². The first-order valence-electron chi connectivity index (χ1n) is 5.49. The van der Waals surface area contributed by atoms with Crippen LogP contribution in [0.5, 0.6) is 5.75 Å². The number of halogens is 1. The predicted octanol–water partition coefficient (Wildman–Crippen LogP) is 2.99. The van der Waals surface area contributed by atoms with Crippen molar-refractivity contribution in [1.29, 1.82) is 0 Å². The van der Waals surface area contributed by atoms with Crippen molar-refractivity contribution < 1.29 is 13.5 Å². The Morgan fingerprint density at radius 2 is 1.79 bits per heavy atom. The Labute approximate surface area is 116 Å². The minimum absolute atomic E-state index is 0.0901. The van der Waals surface area contributed by atoms with E-state index in [9.17, 15) is 13.5 Å². The summed E-state index contributed by atoms with van der Waals surface area (Å²) in [6.45, 7) is 0. The van der Waals surface area contributed by atoms with Crippen LogP contribution in [0.1, 0.15) is 5.56 Å². The summed E-state index contributed by atoms with van der Waals surface area (Å²) >= 11 is 5.72. The third-order valence-electron chi connectivity index (χ3n) is 2.42. The average molecular weight is 298 g/mol. The van der Waals surface area contributed by atoms with Gasteiger partial charge in [0.25, 0.3) is 0 Å². The van der Waals surface area contributed by atoms with Gasteiger partial charge in [0, 0.05) is 0 Å². The summed E-state index contributed by atoms with van der Waals surface area (Å²) in [7, 11) is -3.51. The zero-order chi connectivity index (χ0) is 13.9. The van der Waals surface area contributed by atoms with Crippen LogP contribution in [0.25, 0.3) is 0 Å². The van der Waals surface area contributed by atoms with Gasteiger partial charge in [-0.25, -0.2) is 8.42 Å². The van der Waals surface area contributed by atoms with Gasteiger partial charge in [-0.05, 0) is 23.8 Å². The lowest BCUT2D eigenvalue weighted by Gasteiger charge is -2.08. The Morgan fingerprint density at radius 3 is 2.42 bits per heavy atom. The normalized spacial score (nSPS) is 11.2. The molecule has 0 fully saturated rings. The lowest BCUT2D eigenvalue weighted by molar-refractivity contribution is 0.475. The van der Waals surface area contributed by atoms with Crippen LogP contribution in [0.15, 0.2) is 48.5 Å². The number of aromatic hydroxyl groups is 1. The van der Waals surface area contributed by atoms with E-state index in [0.717, 1.165) is 0 Å². The molecule has 0 atom stereocenters. The van der Waals surface area contributed by atoms with Gasteiger partial charge >= 0.3 is 0 Å². The summed E-state index contributed by atoms with van der Waals surface area (Å²) < 4.78 is 26.3. The van der Waals surface area contributed by atoms with Crippen LogP contribution in [0, 0.1) is 0 Å². The Morgan fingerprint density at radius 1 is 1.11 bits per heavy atom. The van der Waals surface area contributed by atoms with Gasteiger partial charge in [0.1, 0.15) is 5.75 Å². The maximum atomic E-state index is 11.9. The quantitative estimate of drug-likeness (QED) is 0.853. The second-order valence-corrected chi connectivity index (χ2v) is 6.14. The van der Waals surface area contributed by atoms with Crippen LogP contribution in [0.2, 0.25) is 5.02 Å². The number of rotatable bonds is 4. The molecule has 0 saturated heterocycles. The maximum absolute atomic E-state index is 11.9. The van der Waals surface area contributed by atoms with E-state index in [4.69, 9.17) is 11.6 Å². The highest BCUT2D eigenvalue weighted by Gasteiger charge is 2.12.